The van der Waals surface area contributed by atoms with Crippen molar-refractivity contribution in [1.82, 2.24) is 25.1 Å². The quantitative estimate of drug-likeness (QED) is 0.862. The van der Waals surface area contributed by atoms with Gasteiger partial charge in [-0.25, -0.2) is 9.59 Å². The summed E-state index contributed by atoms with van der Waals surface area (Å²) in [7, 11) is 0. The van der Waals surface area contributed by atoms with Gasteiger partial charge in [-0.15, -0.1) is 4.68 Å². The lowest BCUT2D eigenvalue weighted by Gasteiger charge is -2.37. The van der Waals surface area contributed by atoms with E-state index in [2.05, 4.69) is 15.7 Å². The molecule has 3 rings (SSSR count). The van der Waals surface area contributed by atoms with E-state index in [9.17, 15) is 9.59 Å². The SMILES string of the molecule is CCNC(=O)n1nnn(C2(c3ccccc3Cl)CCCCC2)c1=O. The van der Waals surface area contributed by atoms with Crippen LogP contribution in [0.1, 0.15) is 44.6 Å². The topological polar surface area (TPSA) is 81.8 Å². The zero-order valence-electron chi connectivity index (χ0n) is 13.5. The van der Waals surface area contributed by atoms with Crippen LogP contribution in [-0.2, 0) is 5.54 Å². The summed E-state index contributed by atoms with van der Waals surface area (Å²) >= 11 is 6.42. The molecule has 0 aliphatic heterocycles. The number of hydrogen-bond acceptors (Lipinski definition) is 4. The van der Waals surface area contributed by atoms with Gasteiger partial charge in [-0.3, -0.25) is 0 Å². The smallest absolute Gasteiger partial charge is 0.336 e. The third-order valence-corrected chi connectivity index (χ3v) is 4.89. The summed E-state index contributed by atoms with van der Waals surface area (Å²) < 4.78 is 2.11. The van der Waals surface area contributed by atoms with E-state index >= 15 is 0 Å². The molecule has 8 heteroatoms. The molecule has 0 unspecified atom stereocenters. The lowest BCUT2D eigenvalue weighted by atomic mass is 9.76. The predicted molar refractivity (Wildman–Crippen MR) is 90.4 cm³/mol. The predicted octanol–water partition coefficient (Wildman–Crippen LogP) is 2.38. The Morgan fingerprint density at radius 1 is 1.25 bits per heavy atom. The molecule has 0 atom stereocenters. The molecule has 1 N–H and O–H groups in total. The summed E-state index contributed by atoms with van der Waals surface area (Å²) in [6.45, 7) is 2.19. The zero-order valence-corrected chi connectivity index (χ0v) is 14.3. The molecule has 1 aliphatic carbocycles. The maximum absolute atomic E-state index is 12.8. The van der Waals surface area contributed by atoms with Crippen molar-refractivity contribution in [3.05, 3.63) is 45.3 Å². The van der Waals surface area contributed by atoms with E-state index in [1.807, 2.05) is 24.3 Å². The number of carbonyl (C=O) groups excluding carboxylic acids is 1. The van der Waals surface area contributed by atoms with Gasteiger partial charge in [0.05, 0.1) is 5.54 Å². The van der Waals surface area contributed by atoms with Gasteiger partial charge in [0.25, 0.3) is 0 Å². The van der Waals surface area contributed by atoms with Gasteiger partial charge in [0.15, 0.2) is 0 Å². The van der Waals surface area contributed by atoms with E-state index in [0.717, 1.165) is 42.3 Å². The van der Waals surface area contributed by atoms with Crippen LogP contribution in [0.5, 0.6) is 0 Å². The average molecular weight is 350 g/mol. The highest BCUT2D eigenvalue weighted by Crippen LogP contribution is 2.42. The molecule has 0 bridgehead atoms. The van der Waals surface area contributed by atoms with Crippen molar-refractivity contribution in [2.24, 2.45) is 0 Å². The minimum Gasteiger partial charge on any atom is -0.336 e. The van der Waals surface area contributed by atoms with Gasteiger partial charge in [0.1, 0.15) is 0 Å². The van der Waals surface area contributed by atoms with Crippen LogP contribution in [0.25, 0.3) is 0 Å². The first-order valence-corrected chi connectivity index (χ1v) is 8.56. The van der Waals surface area contributed by atoms with Crippen molar-refractivity contribution in [3.63, 3.8) is 0 Å². The summed E-state index contributed by atoms with van der Waals surface area (Å²) in [5, 5.41) is 11.0. The molecule has 0 saturated heterocycles. The summed E-state index contributed by atoms with van der Waals surface area (Å²) in [6.07, 6.45) is 4.51. The van der Waals surface area contributed by atoms with Crippen LogP contribution in [0.15, 0.2) is 29.1 Å². The molecule has 7 nitrogen and oxygen atoms in total. The number of benzene rings is 1. The molecule has 2 aromatic rings. The second kappa shape index (κ2) is 6.76. The van der Waals surface area contributed by atoms with Gasteiger partial charge in [0, 0.05) is 11.6 Å². The van der Waals surface area contributed by atoms with Crippen LogP contribution >= 0.6 is 11.6 Å². The van der Waals surface area contributed by atoms with E-state index in [1.54, 1.807) is 6.92 Å². The van der Waals surface area contributed by atoms with Crippen molar-refractivity contribution < 1.29 is 4.79 Å². The van der Waals surface area contributed by atoms with Crippen LogP contribution in [-0.4, -0.2) is 32.4 Å². The molecular formula is C16H20ClN5O2. The molecule has 1 saturated carbocycles. The molecule has 128 valence electrons. The van der Waals surface area contributed by atoms with E-state index in [1.165, 1.54) is 4.68 Å². The van der Waals surface area contributed by atoms with Crippen molar-refractivity contribution in [2.75, 3.05) is 6.54 Å². The fraction of sp³-hybridized carbons (Fsp3) is 0.500. The van der Waals surface area contributed by atoms with Gasteiger partial charge in [-0.05, 0) is 41.8 Å². The van der Waals surface area contributed by atoms with Crippen molar-refractivity contribution in [1.29, 1.82) is 0 Å². The van der Waals surface area contributed by atoms with Crippen molar-refractivity contribution in [3.8, 4) is 0 Å². The monoisotopic (exact) mass is 349 g/mol. The number of aromatic nitrogens is 4. The van der Waals surface area contributed by atoms with Crippen LogP contribution in [0.4, 0.5) is 4.79 Å². The molecule has 0 radical (unpaired) electrons. The highest BCUT2D eigenvalue weighted by atomic mass is 35.5. The average Bonchev–Trinajstić information content (AvgIpc) is 2.98. The number of nitrogens with one attached hydrogen (secondary N) is 1. The minimum absolute atomic E-state index is 0.411. The third-order valence-electron chi connectivity index (χ3n) is 4.56. The van der Waals surface area contributed by atoms with Crippen LogP contribution in [0.3, 0.4) is 0 Å². The number of carbonyl (C=O) groups is 1. The summed E-state index contributed by atoms with van der Waals surface area (Å²) in [6, 6.07) is 6.92. The molecule has 1 aliphatic rings. The number of nitrogens with zero attached hydrogens (tertiary/aromatic N) is 4. The second-order valence-corrected chi connectivity index (χ2v) is 6.40. The summed E-state index contributed by atoms with van der Waals surface area (Å²) in [4.78, 5) is 24.8. The van der Waals surface area contributed by atoms with Crippen molar-refractivity contribution >= 4 is 17.6 Å². The molecule has 0 spiro atoms. The van der Waals surface area contributed by atoms with Gasteiger partial charge in [0.2, 0.25) is 0 Å². The maximum atomic E-state index is 12.8. The van der Waals surface area contributed by atoms with Gasteiger partial charge in [-0.2, -0.15) is 4.68 Å². The fourth-order valence-electron chi connectivity index (χ4n) is 3.44. The third kappa shape index (κ3) is 2.73. The van der Waals surface area contributed by atoms with Crippen LogP contribution < -0.4 is 11.0 Å². The standard InChI is InChI=1S/C16H20ClN5O2/c1-2-18-14(23)21-15(24)22(20-19-21)16(10-6-3-7-11-16)12-8-4-5-9-13(12)17/h4-5,8-9H,2-3,6-7,10-11H2,1H3,(H,18,23). The molecule has 1 heterocycles. The van der Waals surface area contributed by atoms with Crippen LogP contribution in [0.2, 0.25) is 5.02 Å². The van der Waals surface area contributed by atoms with Gasteiger partial charge in [-0.1, -0.05) is 49.1 Å². The van der Waals surface area contributed by atoms with Crippen LogP contribution in [0, 0.1) is 0 Å². The second-order valence-electron chi connectivity index (χ2n) is 5.99. The molecular weight excluding hydrogens is 330 g/mol. The normalized spacial score (nSPS) is 16.8. The maximum Gasteiger partial charge on any atom is 0.373 e. The van der Waals surface area contributed by atoms with Gasteiger partial charge < -0.3 is 5.32 Å². The summed E-state index contributed by atoms with van der Waals surface area (Å²) in [5.41, 5.74) is -0.336. The lowest BCUT2D eigenvalue weighted by Crippen LogP contribution is -2.46. The first-order chi connectivity index (χ1) is 11.6. The number of tetrazole rings is 1. The molecule has 24 heavy (non-hydrogen) atoms. The summed E-state index contributed by atoms with van der Waals surface area (Å²) in [5.74, 6) is 0. The Labute approximate surface area is 144 Å². The minimum atomic E-state index is -0.654. The number of halogens is 1. The Morgan fingerprint density at radius 3 is 2.62 bits per heavy atom. The molecule has 1 aromatic carbocycles. The lowest BCUT2D eigenvalue weighted by molar-refractivity contribution is 0.214. The van der Waals surface area contributed by atoms with E-state index in [0.29, 0.717) is 11.6 Å². The molecule has 1 fully saturated rings. The van der Waals surface area contributed by atoms with E-state index in [4.69, 9.17) is 11.6 Å². The highest BCUT2D eigenvalue weighted by Gasteiger charge is 2.40. The molecule has 1 amide bonds. The largest absolute Gasteiger partial charge is 0.373 e. The van der Waals surface area contributed by atoms with E-state index < -0.39 is 17.3 Å². The fourth-order valence-corrected chi connectivity index (χ4v) is 3.75. The number of hydrogen-bond donors (Lipinski definition) is 1. The zero-order chi connectivity index (χ0) is 17.2. The Hall–Kier alpha value is -2.15. The Balaban J connectivity index is 2.13. The number of rotatable bonds is 3. The molecule has 1 aromatic heterocycles. The number of amides is 1. The van der Waals surface area contributed by atoms with Gasteiger partial charge >= 0.3 is 11.7 Å². The first-order valence-electron chi connectivity index (χ1n) is 8.19. The Morgan fingerprint density at radius 2 is 1.96 bits per heavy atom. The Bertz CT molecular complexity index is 792. The highest BCUT2D eigenvalue weighted by molar-refractivity contribution is 6.31. The van der Waals surface area contributed by atoms with E-state index in [-0.39, 0.29) is 0 Å². The Kier molecular flexibility index (Phi) is 4.71. The first kappa shape index (κ1) is 16.7. The van der Waals surface area contributed by atoms with Crippen molar-refractivity contribution in [2.45, 2.75) is 44.6 Å².